The van der Waals surface area contributed by atoms with Crippen LogP contribution in [-0.4, -0.2) is 25.2 Å². The van der Waals surface area contributed by atoms with Crippen LogP contribution < -0.4 is 5.32 Å². The number of hydrogen-bond acceptors (Lipinski definition) is 2. The van der Waals surface area contributed by atoms with Crippen molar-refractivity contribution in [3.05, 3.63) is 11.1 Å². The molecular weight excluding hydrogens is 166 g/mol. The number of ether oxygens (including phenoxy) is 1. The van der Waals surface area contributed by atoms with Crippen LogP contribution in [0.4, 0.5) is 0 Å². The van der Waals surface area contributed by atoms with Gasteiger partial charge in [-0.2, -0.15) is 0 Å². The van der Waals surface area contributed by atoms with Crippen molar-refractivity contribution in [3.63, 3.8) is 0 Å². The number of amides is 1. The average molecular weight is 183 g/mol. The molecule has 74 valence electrons. The third-order valence-corrected chi connectivity index (χ3v) is 2.48. The first kappa shape index (κ1) is 10.3. The third kappa shape index (κ3) is 2.56. The summed E-state index contributed by atoms with van der Waals surface area (Å²) in [6.45, 7) is 7.23. The Bertz CT molecular complexity index is 229. The van der Waals surface area contributed by atoms with Crippen LogP contribution in [0.1, 0.15) is 27.2 Å². The summed E-state index contributed by atoms with van der Waals surface area (Å²) in [5.41, 5.74) is 1.99. The van der Waals surface area contributed by atoms with Crippen molar-refractivity contribution in [2.24, 2.45) is 0 Å². The second-order valence-corrected chi connectivity index (χ2v) is 3.47. The topological polar surface area (TPSA) is 38.3 Å². The highest BCUT2D eigenvalue weighted by atomic mass is 16.5. The van der Waals surface area contributed by atoms with Gasteiger partial charge in [0.05, 0.1) is 19.3 Å². The number of nitrogens with one attached hydrogen (secondary N) is 1. The molecule has 0 atom stereocenters. The standard InChI is InChI=1S/C10H17NO2/c1-4-7(2)8(3)10(12)11-9-5-13-6-9/h9H,4-6H2,1-3H3,(H,11,12). The van der Waals surface area contributed by atoms with Crippen LogP contribution in [0, 0.1) is 0 Å². The molecule has 1 rings (SSSR count). The van der Waals surface area contributed by atoms with Crippen LogP contribution >= 0.6 is 0 Å². The molecule has 3 nitrogen and oxygen atoms in total. The predicted octanol–water partition coefficient (Wildman–Crippen LogP) is 1.25. The van der Waals surface area contributed by atoms with E-state index in [1.165, 1.54) is 0 Å². The monoisotopic (exact) mass is 183 g/mol. The van der Waals surface area contributed by atoms with Crippen molar-refractivity contribution in [1.29, 1.82) is 0 Å². The number of carbonyl (C=O) groups excluding carboxylic acids is 1. The van der Waals surface area contributed by atoms with Gasteiger partial charge in [-0.05, 0) is 20.3 Å². The summed E-state index contributed by atoms with van der Waals surface area (Å²) in [6, 6.07) is 0.229. The molecule has 0 saturated carbocycles. The van der Waals surface area contributed by atoms with Gasteiger partial charge in [0.25, 0.3) is 0 Å². The van der Waals surface area contributed by atoms with Crippen molar-refractivity contribution in [1.82, 2.24) is 5.32 Å². The van der Waals surface area contributed by atoms with E-state index in [1.807, 2.05) is 13.8 Å². The Morgan fingerprint density at radius 2 is 2.08 bits per heavy atom. The smallest absolute Gasteiger partial charge is 0.247 e. The molecule has 0 aliphatic carbocycles. The van der Waals surface area contributed by atoms with E-state index in [9.17, 15) is 4.79 Å². The second kappa shape index (κ2) is 4.42. The van der Waals surface area contributed by atoms with E-state index < -0.39 is 0 Å². The van der Waals surface area contributed by atoms with Gasteiger partial charge in [-0.3, -0.25) is 4.79 Å². The Hall–Kier alpha value is -0.830. The lowest BCUT2D eigenvalue weighted by molar-refractivity contribution is -0.121. The molecule has 1 heterocycles. The Morgan fingerprint density at radius 3 is 2.46 bits per heavy atom. The van der Waals surface area contributed by atoms with E-state index >= 15 is 0 Å². The molecule has 1 fully saturated rings. The SMILES string of the molecule is CCC(C)=C(C)C(=O)NC1COC1. The van der Waals surface area contributed by atoms with E-state index in [4.69, 9.17) is 4.74 Å². The van der Waals surface area contributed by atoms with Crippen LogP contribution in [-0.2, 0) is 9.53 Å². The molecule has 0 aromatic heterocycles. The Morgan fingerprint density at radius 1 is 1.46 bits per heavy atom. The predicted molar refractivity (Wildman–Crippen MR) is 51.4 cm³/mol. The maximum absolute atomic E-state index is 11.5. The first-order valence-corrected chi connectivity index (χ1v) is 4.70. The highest BCUT2D eigenvalue weighted by Crippen LogP contribution is 2.08. The van der Waals surface area contributed by atoms with Gasteiger partial charge in [0.1, 0.15) is 0 Å². The van der Waals surface area contributed by atoms with Crippen LogP contribution in [0.5, 0.6) is 0 Å². The Labute approximate surface area is 79.2 Å². The first-order valence-electron chi connectivity index (χ1n) is 4.70. The van der Waals surface area contributed by atoms with Crippen LogP contribution in [0.15, 0.2) is 11.1 Å². The fourth-order valence-corrected chi connectivity index (χ4v) is 1.07. The van der Waals surface area contributed by atoms with Crippen molar-refractivity contribution < 1.29 is 9.53 Å². The molecule has 1 aliphatic rings. The Balaban J connectivity index is 2.46. The molecule has 0 unspecified atom stereocenters. The van der Waals surface area contributed by atoms with Crippen LogP contribution in [0.3, 0.4) is 0 Å². The number of carbonyl (C=O) groups is 1. The number of hydrogen-bond donors (Lipinski definition) is 1. The fraction of sp³-hybridized carbons (Fsp3) is 0.700. The molecule has 3 heteroatoms. The molecule has 0 aromatic carbocycles. The van der Waals surface area contributed by atoms with Crippen LogP contribution in [0.2, 0.25) is 0 Å². The molecule has 0 radical (unpaired) electrons. The number of rotatable bonds is 3. The minimum Gasteiger partial charge on any atom is -0.377 e. The normalized spacial score (nSPS) is 19.0. The fourth-order valence-electron chi connectivity index (χ4n) is 1.07. The van der Waals surface area contributed by atoms with Gasteiger partial charge in [0, 0.05) is 5.57 Å². The molecule has 1 saturated heterocycles. The van der Waals surface area contributed by atoms with Gasteiger partial charge in [0.15, 0.2) is 0 Å². The van der Waals surface area contributed by atoms with Gasteiger partial charge in [-0.15, -0.1) is 0 Å². The zero-order chi connectivity index (χ0) is 9.84. The van der Waals surface area contributed by atoms with Gasteiger partial charge in [0.2, 0.25) is 5.91 Å². The van der Waals surface area contributed by atoms with Crippen molar-refractivity contribution in [2.75, 3.05) is 13.2 Å². The lowest BCUT2D eigenvalue weighted by Gasteiger charge is -2.27. The molecule has 1 aliphatic heterocycles. The largest absolute Gasteiger partial charge is 0.377 e. The maximum atomic E-state index is 11.5. The third-order valence-electron chi connectivity index (χ3n) is 2.48. The lowest BCUT2D eigenvalue weighted by Crippen LogP contribution is -2.48. The highest BCUT2D eigenvalue weighted by molar-refractivity contribution is 5.93. The van der Waals surface area contributed by atoms with E-state index in [1.54, 1.807) is 0 Å². The van der Waals surface area contributed by atoms with E-state index in [-0.39, 0.29) is 11.9 Å². The minimum atomic E-state index is 0.0488. The van der Waals surface area contributed by atoms with Crippen molar-refractivity contribution >= 4 is 5.91 Å². The summed E-state index contributed by atoms with van der Waals surface area (Å²) < 4.78 is 4.97. The molecule has 0 aromatic rings. The molecule has 1 N–H and O–H groups in total. The minimum absolute atomic E-state index is 0.0488. The summed E-state index contributed by atoms with van der Waals surface area (Å²) in [6.07, 6.45) is 0.931. The first-order chi connectivity index (χ1) is 6.15. The van der Waals surface area contributed by atoms with Gasteiger partial charge < -0.3 is 10.1 Å². The Kier molecular flexibility index (Phi) is 3.48. The second-order valence-electron chi connectivity index (χ2n) is 3.47. The zero-order valence-corrected chi connectivity index (χ0v) is 8.52. The average Bonchev–Trinajstić information content (AvgIpc) is 2.08. The van der Waals surface area contributed by atoms with E-state index in [0.29, 0.717) is 13.2 Å². The quantitative estimate of drug-likeness (QED) is 0.669. The van der Waals surface area contributed by atoms with Gasteiger partial charge in [-0.1, -0.05) is 12.5 Å². The van der Waals surface area contributed by atoms with Gasteiger partial charge in [-0.25, -0.2) is 0 Å². The lowest BCUT2D eigenvalue weighted by atomic mass is 10.1. The highest BCUT2D eigenvalue weighted by Gasteiger charge is 2.21. The summed E-state index contributed by atoms with van der Waals surface area (Å²) in [5.74, 6) is 0.0488. The van der Waals surface area contributed by atoms with E-state index in [2.05, 4.69) is 12.2 Å². The maximum Gasteiger partial charge on any atom is 0.247 e. The summed E-state index contributed by atoms with van der Waals surface area (Å²) in [4.78, 5) is 11.5. The van der Waals surface area contributed by atoms with Crippen LogP contribution in [0.25, 0.3) is 0 Å². The van der Waals surface area contributed by atoms with Crippen molar-refractivity contribution in [2.45, 2.75) is 33.2 Å². The summed E-state index contributed by atoms with van der Waals surface area (Å²) >= 11 is 0. The zero-order valence-electron chi connectivity index (χ0n) is 8.52. The molecule has 0 bridgehead atoms. The molecule has 13 heavy (non-hydrogen) atoms. The molecule has 1 amide bonds. The van der Waals surface area contributed by atoms with Crippen molar-refractivity contribution in [3.8, 4) is 0 Å². The van der Waals surface area contributed by atoms with E-state index in [0.717, 1.165) is 17.6 Å². The molecular formula is C10H17NO2. The summed E-state index contributed by atoms with van der Waals surface area (Å²) in [7, 11) is 0. The van der Waals surface area contributed by atoms with Gasteiger partial charge >= 0.3 is 0 Å². The molecule has 0 spiro atoms. The summed E-state index contributed by atoms with van der Waals surface area (Å²) in [5, 5.41) is 2.91. The number of allylic oxidation sites excluding steroid dienone is 1.